The van der Waals surface area contributed by atoms with E-state index in [9.17, 15) is 19.8 Å². The van der Waals surface area contributed by atoms with Crippen LogP contribution in [0.3, 0.4) is 0 Å². The van der Waals surface area contributed by atoms with Gasteiger partial charge in [0.1, 0.15) is 17.9 Å². The zero-order valence-electron chi connectivity index (χ0n) is 30.8. The van der Waals surface area contributed by atoms with Crippen molar-refractivity contribution in [2.45, 2.75) is 77.8 Å². The predicted octanol–water partition coefficient (Wildman–Crippen LogP) is 3.52. The number of amides is 2. The number of carbonyl (C=O) groups excluding carboxylic acids is 2. The summed E-state index contributed by atoms with van der Waals surface area (Å²) in [7, 11) is 5.53. The van der Waals surface area contributed by atoms with Gasteiger partial charge in [-0.15, -0.1) is 0 Å². The number of hydrogen-bond donors (Lipinski definition) is 4. The molecule has 3 saturated carbocycles. The summed E-state index contributed by atoms with van der Waals surface area (Å²) in [5, 5.41) is 29.7. The van der Waals surface area contributed by atoms with Crippen molar-refractivity contribution < 1.29 is 29.4 Å². The quantitative estimate of drug-likeness (QED) is 0.296. The van der Waals surface area contributed by atoms with Crippen LogP contribution in [0.2, 0.25) is 0 Å². The van der Waals surface area contributed by atoms with E-state index in [1.54, 1.807) is 19.1 Å². The van der Waals surface area contributed by atoms with Crippen molar-refractivity contribution in [1.82, 2.24) is 20.6 Å². The van der Waals surface area contributed by atoms with Gasteiger partial charge in [0.25, 0.3) is 5.91 Å². The predicted molar refractivity (Wildman–Crippen MR) is 194 cm³/mol. The third kappa shape index (κ3) is 6.99. The molecule has 0 radical (unpaired) electrons. The molecule has 50 heavy (non-hydrogen) atoms. The number of anilines is 1. The Labute approximate surface area is 297 Å². The molecule has 2 amide bonds. The largest absolute Gasteiger partial charge is 0.496 e. The SMILES string of the molecule is COc1c(CN2O[C@@H](CO)[C@@H]([C@H](C)O)[C@H]2C(=O)N[C@H]2C3CC[C@@H]([C@@H]2C)C(C)(C)C3)cccc1-c1cc(C(=O)N2CCNCC2)cc(N(C)C)c1. The van der Waals surface area contributed by atoms with Crippen molar-refractivity contribution in [3.05, 3.63) is 47.5 Å². The van der Waals surface area contributed by atoms with Gasteiger partial charge in [-0.1, -0.05) is 39.0 Å². The minimum atomic E-state index is -0.888. The first-order chi connectivity index (χ1) is 23.8. The van der Waals surface area contributed by atoms with E-state index in [2.05, 4.69) is 31.4 Å². The maximum Gasteiger partial charge on any atom is 0.254 e. The molecule has 0 aromatic heterocycles. The Kier molecular flexibility index (Phi) is 10.8. The molecule has 8 atom stereocenters. The van der Waals surface area contributed by atoms with Gasteiger partial charge < -0.3 is 35.4 Å². The molecule has 5 fully saturated rings. The highest BCUT2D eigenvalue weighted by molar-refractivity contribution is 5.97. The second kappa shape index (κ2) is 14.8. The highest BCUT2D eigenvalue weighted by atomic mass is 16.7. The summed E-state index contributed by atoms with van der Waals surface area (Å²) in [6.07, 6.45) is 1.74. The van der Waals surface area contributed by atoms with E-state index in [0.717, 1.165) is 48.3 Å². The second-order valence-corrected chi connectivity index (χ2v) is 15.9. The molecule has 5 aliphatic rings. The molecule has 2 saturated heterocycles. The van der Waals surface area contributed by atoms with E-state index in [-0.39, 0.29) is 36.4 Å². The first kappa shape index (κ1) is 36.6. The van der Waals surface area contributed by atoms with Crippen LogP contribution in [0.5, 0.6) is 5.75 Å². The number of ether oxygens (including phenoxy) is 1. The molecule has 2 aromatic rings. The lowest BCUT2D eigenvalue weighted by atomic mass is 9.52. The maximum absolute atomic E-state index is 14.3. The summed E-state index contributed by atoms with van der Waals surface area (Å²) in [5.41, 5.74) is 4.19. The highest BCUT2D eigenvalue weighted by Gasteiger charge is 2.54. The summed E-state index contributed by atoms with van der Waals surface area (Å²) >= 11 is 0. The number of benzene rings is 2. The lowest BCUT2D eigenvalue weighted by Crippen LogP contribution is -2.60. The van der Waals surface area contributed by atoms with E-state index in [1.165, 1.54) is 6.42 Å². The van der Waals surface area contributed by atoms with Gasteiger partial charge in [0, 0.05) is 74.6 Å². The summed E-state index contributed by atoms with van der Waals surface area (Å²) in [4.78, 5) is 38.1. The van der Waals surface area contributed by atoms with Gasteiger partial charge >= 0.3 is 0 Å². The molecule has 11 heteroatoms. The molecule has 7 rings (SSSR count). The summed E-state index contributed by atoms with van der Waals surface area (Å²) in [5.74, 6) is 1.07. The van der Waals surface area contributed by atoms with E-state index >= 15 is 0 Å². The highest BCUT2D eigenvalue weighted by Crippen LogP contribution is 2.55. The Hall–Kier alpha value is -3.22. The van der Waals surface area contributed by atoms with E-state index < -0.39 is 24.2 Å². The topological polar surface area (TPSA) is 127 Å². The van der Waals surface area contributed by atoms with Gasteiger partial charge in [0.15, 0.2) is 0 Å². The molecule has 2 heterocycles. The number of nitrogens with one attached hydrogen (secondary N) is 2. The van der Waals surface area contributed by atoms with Crippen molar-refractivity contribution in [1.29, 1.82) is 0 Å². The Balaban J connectivity index is 1.31. The van der Waals surface area contributed by atoms with E-state index in [0.29, 0.717) is 42.2 Å². The van der Waals surface area contributed by atoms with Crippen LogP contribution >= 0.6 is 0 Å². The minimum absolute atomic E-state index is 0.00540. The molecule has 11 nitrogen and oxygen atoms in total. The van der Waals surface area contributed by atoms with Gasteiger partial charge in [0.2, 0.25) is 5.91 Å². The van der Waals surface area contributed by atoms with Gasteiger partial charge in [-0.05, 0) is 73.1 Å². The fourth-order valence-corrected chi connectivity index (χ4v) is 9.59. The van der Waals surface area contributed by atoms with Crippen molar-refractivity contribution in [2.75, 3.05) is 58.9 Å². The zero-order valence-corrected chi connectivity index (χ0v) is 30.8. The Morgan fingerprint density at radius 1 is 1.16 bits per heavy atom. The van der Waals surface area contributed by atoms with Crippen LogP contribution in [-0.2, 0) is 16.2 Å². The average molecular weight is 692 g/mol. The van der Waals surface area contributed by atoms with E-state index in [4.69, 9.17) is 9.57 Å². The molecule has 2 aromatic carbocycles. The zero-order chi connectivity index (χ0) is 35.9. The van der Waals surface area contributed by atoms with Gasteiger partial charge in [-0.3, -0.25) is 14.4 Å². The van der Waals surface area contributed by atoms with Crippen LogP contribution in [0.25, 0.3) is 11.1 Å². The first-order valence-electron chi connectivity index (χ1n) is 18.4. The summed E-state index contributed by atoms with van der Waals surface area (Å²) in [6, 6.07) is 11.0. The number of rotatable bonds is 10. The maximum atomic E-state index is 14.3. The number of hydroxylamine groups is 2. The number of methoxy groups -OCH3 is 1. The second-order valence-electron chi connectivity index (χ2n) is 15.9. The third-order valence-electron chi connectivity index (χ3n) is 12.1. The van der Waals surface area contributed by atoms with Crippen molar-refractivity contribution >= 4 is 17.5 Å². The van der Waals surface area contributed by atoms with Crippen LogP contribution in [-0.4, -0.2) is 110 Å². The number of piperazine rings is 1. The lowest BCUT2D eigenvalue weighted by Gasteiger charge is -2.56. The van der Waals surface area contributed by atoms with Crippen molar-refractivity contribution in [2.24, 2.45) is 29.1 Å². The molecular weight excluding hydrogens is 634 g/mol. The Morgan fingerprint density at radius 2 is 1.90 bits per heavy atom. The average Bonchev–Trinajstić information content (AvgIpc) is 3.47. The molecule has 0 spiro atoms. The first-order valence-corrected chi connectivity index (χ1v) is 18.4. The fraction of sp³-hybridized carbons (Fsp3) is 0.641. The Morgan fingerprint density at radius 3 is 2.52 bits per heavy atom. The molecule has 4 N–H and O–H groups in total. The summed E-state index contributed by atoms with van der Waals surface area (Å²) < 4.78 is 6.07. The number of para-hydroxylation sites is 1. The molecule has 1 unspecified atom stereocenters. The number of aliphatic hydroxyl groups is 2. The van der Waals surface area contributed by atoms with Crippen molar-refractivity contribution in [3.63, 3.8) is 0 Å². The molecule has 274 valence electrons. The minimum Gasteiger partial charge on any atom is -0.496 e. The number of nitrogens with zero attached hydrogens (tertiary/aromatic N) is 3. The lowest BCUT2D eigenvalue weighted by molar-refractivity contribution is -0.183. The third-order valence-corrected chi connectivity index (χ3v) is 12.1. The van der Waals surface area contributed by atoms with Crippen LogP contribution in [0.4, 0.5) is 5.69 Å². The van der Waals surface area contributed by atoms with Gasteiger partial charge in [-0.2, -0.15) is 5.06 Å². The summed E-state index contributed by atoms with van der Waals surface area (Å²) in [6.45, 7) is 11.3. The molecule has 2 bridgehead atoms. The molecule has 2 aliphatic heterocycles. The number of hydrogen-bond acceptors (Lipinski definition) is 9. The smallest absolute Gasteiger partial charge is 0.254 e. The van der Waals surface area contributed by atoms with Crippen LogP contribution in [0, 0.1) is 29.1 Å². The van der Waals surface area contributed by atoms with Crippen molar-refractivity contribution in [3.8, 4) is 16.9 Å². The Bertz CT molecular complexity index is 1540. The van der Waals surface area contributed by atoms with Crippen LogP contribution in [0.1, 0.15) is 62.9 Å². The van der Waals surface area contributed by atoms with Gasteiger partial charge in [-0.25, -0.2) is 0 Å². The number of aliphatic hydroxyl groups excluding tert-OH is 2. The van der Waals surface area contributed by atoms with Crippen LogP contribution < -0.4 is 20.3 Å². The standard InChI is InChI=1S/C39H57N5O6/c1-23-31-12-11-25(20-39(31,3)4)34(23)41-37(47)35-33(24(2)46)32(22-45)50-44(35)21-26-9-8-10-30(36(26)49-7)27-17-28(19-29(18-27)42(5)6)38(48)43-15-13-40-14-16-43/h8-10,17-19,23-25,31-35,40,45-46H,11-16,20-22H2,1-7H3,(H,41,47)/t23-,24-,25?,31-,32-,33+,34+,35-/m0/s1. The normalized spacial score (nSPS) is 29.9. The number of carbonyl (C=O) groups is 2. The van der Waals surface area contributed by atoms with E-state index in [1.807, 2.05) is 60.3 Å². The van der Waals surface area contributed by atoms with Crippen LogP contribution in [0.15, 0.2) is 36.4 Å². The monoisotopic (exact) mass is 691 g/mol. The number of fused-ring (bicyclic) bond motifs is 3. The molecule has 3 aliphatic carbocycles. The van der Waals surface area contributed by atoms with Gasteiger partial charge in [0.05, 0.1) is 26.4 Å². The fourth-order valence-electron chi connectivity index (χ4n) is 9.59. The molecular formula is C39H57N5O6.